The SMILES string of the molecule is Cc1ccc(C2=C(N3CCCC(CO)C3)C(=O)N(c3cccc(N(C)C)c3)C2=O)cc1C. The molecule has 1 N–H and O–H groups in total. The highest BCUT2D eigenvalue weighted by Gasteiger charge is 2.43. The number of carbonyl (C=O) groups excluding carboxylic acids is 2. The predicted octanol–water partition coefficient (Wildman–Crippen LogP) is 3.36. The van der Waals surface area contributed by atoms with Gasteiger partial charge in [-0.3, -0.25) is 9.59 Å². The van der Waals surface area contributed by atoms with Crippen LogP contribution in [0.5, 0.6) is 0 Å². The van der Waals surface area contributed by atoms with Crippen LogP contribution in [0.2, 0.25) is 0 Å². The second kappa shape index (κ2) is 8.79. The second-order valence-electron chi connectivity index (χ2n) is 9.02. The average Bonchev–Trinajstić information content (AvgIpc) is 3.05. The highest BCUT2D eigenvalue weighted by atomic mass is 16.3. The predicted molar refractivity (Wildman–Crippen MR) is 127 cm³/mol. The number of nitrogens with zero attached hydrogens (tertiary/aromatic N) is 3. The highest BCUT2D eigenvalue weighted by molar-refractivity contribution is 6.45. The fourth-order valence-electron chi connectivity index (χ4n) is 4.53. The van der Waals surface area contributed by atoms with Gasteiger partial charge in [-0.2, -0.15) is 0 Å². The minimum absolute atomic E-state index is 0.0828. The lowest BCUT2D eigenvalue weighted by atomic mass is 9.96. The minimum atomic E-state index is -0.296. The largest absolute Gasteiger partial charge is 0.396 e. The Bertz CT molecular complexity index is 1090. The maximum Gasteiger partial charge on any atom is 0.282 e. The molecule has 0 saturated carbocycles. The maximum atomic E-state index is 13.8. The van der Waals surface area contributed by atoms with E-state index in [1.165, 1.54) is 4.90 Å². The number of likely N-dealkylation sites (tertiary alicyclic amines) is 1. The van der Waals surface area contributed by atoms with Gasteiger partial charge in [0.25, 0.3) is 11.8 Å². The lowest BCUT2D eigenvalue weighted by Crippen LogP contribution is -2.40. The van der Waals surface area contributed by atoms with Gasteiger partial charge in [-0.25, -0.2) is 4.90 Å². The molecule has 0 bridgehead atoms. The number of carbonyl (C=O) groups is 2. The fraction of sp³-hybridized carbons (Fsp3) is 0.385. The standard InChI is InChI=1S/C26H31N3O3/c1-17-10-11-20(13-18(17)2)23-24(28-12-6-7-19(15-28)16-30)26(32)29(25(23)31)22-9-5-8-21(14-22)27(3)4/h5,8-11,13-14,19,30H,6-7,12,15-16H2,1-4H3. The number of piperidine rings is 1. The lowest BCUT2D eigenvalue weighted by molar-refractivity contribution is -0.120. The molecule has 6 nitrogen and oxygen atoms in total. The van der Waals surface area contributed by atoms with E-state index in [1.54, 1.807) is 6.07 Å². The number of hydrogen-bond donors (Lipinski definition) is 1. The van der Waals surface area contributed by atoms with Gasteiger partial charge in [0.1, 0.15) is 5.70 Å². The van der Waals surface area contributed by atoms with Crippen molar-refractivity contribution in [3.63, 3.8) is 0 Å². The molecule has 2 aromatic rings. The van der Waals surface area contributed by atoms with Crippen LogP contribution in [0.25, 0.3) is 5.57 Å². The number of rotatable bonds is 5. The van der Waals surface area contributed by atoms with E-state index in [4.69, 9.17) is 0 Å². The normalized spacial score (nSPS) is 19.2. The summed E-state index contributed by atoms with van der Waals surface area (Å²) in [5.41, 5.74) is 5.37. The Morgan fingerprint density at radius 3 is 2.50 bits per heavy atom. The Kier molecular flexibility index (Phi) is 6.07. The summed E-state index contributed by atoms with van der Waals surface area (Å²) < 4.78 is 0. The quantitative estimate of drug-likeness (QED) is 0.733. The van der Waals surface area contributed by atoms with Crippen molar-refractivity contribution in [1.29, 1.82) is 0 Å². The maximum absolute atomic E-state index is 13.8. The smallest absolute Gasteiger partial charge is 0.282 e. The molecule has 1 atom stereocenters. The first kappa shape index (κ1) is 22.1. The van der Waals surface area contributed by atoms with Crippen molar-refractivity contribution in [1.82, 2.24) is 4.90 Å². The van der Waals surface area contributed by atoms with Crippen molar-refractivity contribution in [2.24, 2.45) is 5.92 Å². The number of amides is 2. The van der Waals surface area contributed by atoms with E-state index in [9.17, 15) is 14.7 Å². The number of anilines is 2. The van der Waals surface area contributed by atoms with Gasteiger partial charge in [0.05, 0.1) is 11.3 Å². The lowest BCUT2D eigenvalue weighted by Gasteiger charge is -2.34. The van der Waals surface area contributed by atoms with E-state index >= 15 is 0 Å². The van der Waals surface area contributed by atoms with Crippen molar-refractivity contribution in [2.45, 2.75) is 26.7 Å². The molecule has 4 rings (SSSR count). The molecule has 0 radical (unpaired) electrons. The Morgan fingerprint density at radius 1 is 1.03 bits per heavy atom. The topological polar surface area (TPSA) is 64.1 Å². The van der Waals surface area contributed by atoms with Gasteiger partial charge in [0.15, 0.2) is 0 Å². The van der Waals surface area contributed by atoms with Gasteiger partial charge in [-0.15, -0.1) is 0 Å². The number of benzene rings is 2. The summed E-state index contributed by atoms with van der Waals surface area (Å²) in [6.07, 6.45) is 1.81. The number of aliphatic hydroxyl groups is 1. The van der Waals surface area contributed by atoms with Crippen LogP contribution >= 0.6 is 0 Å². The molecule has 32 heavy (non-hydrogen) atoms. The summed E-state index contributed by atoms with van der Waals surface area (Å²) in [5.74, 6) is -0.487. The van der Waals surface area contributed by atoms with Crippen LogP contribution < -0.4 is 9.80 Å². The average molecular weight is 434 g/mol. The molecule has 0 aliphatic carbocycles. The third kappa shape index (κ3) is 3.91. The minimum Gasteiger partial charge on any atom is -0.396 e. The molecule has 1 unspecified atom stereocenters. The van der Waals surface area contributed by atoms with E-state index in [0.717, 1.165) is 35.2 Å². The first-order chi connectivity index (χ1) is 15.3. The van der Waals surface area contributed by atoms with Gasteiger partial charge in [-0.1, -0.05) is 24.3 Å². The Balaban J connectivity index is 1.83. The van der Waals surface area contributed by atoms with E-state index in [-0.39, 0.29) is 24.3 Å². The van der Waals surface area contributed by atoms with Crippen molar-refractivity contribution in [3.8, 4) is 0 Å². The highest BCUT2D eigenvalue weighted by Crippen LogP contribution is 2.37. The van der Waals surface area contributed by atoms with Crippen LogP contribution in [0, 0.1) is 19.8 Å². The summed E-state index contributed by atoms with van der Waals surface area (Å²) in [7, 11) is 3.86. The Labute approximate surface area is 189 Å². The van der Waals surface area contributed by atoms with Crippen LogP contribution in [-0.4, -0.2) is 55.6 Å². The molecule has 2 aliphatic heterocycles. The van der Waals surface area contributed by atoms with Crippen LogP contribution in [0.1, 0.15) is 29.5 Å². The number of hydrogen-bond acceptors (Lipinski definition) is 5. The Hall–Kier alpha value is -3.12. The van der Waals surface area contributed by atoms with Crippen LogP contribution in [0.4, 0.5) is 11.4 Å². The molecule has 0 spiro atoms. The van der Waals surface area contributed by atoms with Crippen LogP contribution in [-0.2, 0) is 9.59 Å². The molecule has 6 heteroatoms. The third-order valence-electron chi connectivity index (χ3n) is 6.55. The third-order valence-corrected chi connectivity index (χ3v) is 6.55. The van der Waals surface area contributed by atoms with Gasteiger partial charge in [-0.05, 0) is 67.5 Å². The molecular weight excluding hydrogens is 402 g/mol. The van der Waals surface area contributed by atoms with Crippen molar-refractivity contribution >= 4 is 28.8 Å². The monoisotopic (exact) mass is 433 g/mol. The molecule has 2 heterocycles. The van der Waals surface area contributed by atoms with Crippen molar-refractivity contribution < 1.29 is 14.7 Å². The summed E-state index contributed by atoms with van der Waals surface area (Å²) >= 11 is 0. The zero-order valence-electron chi connectivity index (χ0n) is 19.3. The number of imide groups is 1. The van der Waals surface area contributed by atoms with E-state index < -0.39 is 0 Å². The molecule has 168 valence electrons. The van der Waals surface area contributed by atoms with Gasteiger partial charge in [0, 0.05) is 39.5 Å². The molecule has 2 aliphatic rings. The van der Waals surface area contributed by atoms with Gasteiger partial charge < -0.3 is 14.9 Å². The first-order valence-electron chi connectivity index (χ1n) is 11.2. The van der Waals surface area contributed by atoms with Crippen LogP contribution in [0.15, 0.2) is 48.2 Å². The van der Waals surface area contributed by atoms with E-state index in [2.05, 4.69) is 0 Å². The molecule has 2 aromatic carbocycles. The van der Waals surface area contributed by atoms with Crippen molar-refractivity contribution in [2.75, 3.05) is 43.6 Å². The summed E-state index contributed by atoms with van der Waals surface area (Å²) in [4.78, 5) is 32.8. The van der Waals surface area contributed by atoms with E-state index in [0.29, 0.717) is 30.0 Å². The number of aliphatic hydroxyl groups excluding tert-OH is 1. The molecule has 0 aromatic heterocycles. The zero-order valence-corrected chi connectivity index (χ0v) is 19.3. The van der Waals surface area contributed by atoms with Crippen LogP contribution in [0.3, 0.4) is 0 Å². The first-order valence-corrected chi connectivity index (χ1v) is 11.2. The molecular formula is C26H31N3O3. The Morgan fingerprint density at radius 2 is 1.81 bits per heavy atom. The number of aryl methyl sites for hydroxylation is 2. The fourth-order valence-corrected chi connectivity index (χ4v) is 4.53. The van der Waals surface area contributed by atoms with Gasteiger partial charge in [0.2, 0.25) is 0 Å². The van der Waals surface area contributed by atoms with E-state index in [1.807, 2.05) is 74.1 Å². The zero-order chi connectivity index (χ0) is 23.0. The summed E-state index contributed by atoms with van der Waals surface area (Å²) in [6.45, 7) is 5.40. The second-order valence-corrected chi connectivity index (χ2v) is 9.02. The van der Waals surface area contributed by atoms with Crippen molar-refractivity contribution in [3.05, 3.63) is 64.9 Å². The molecule has 2 amide bonds. The molecule has 1 saturated heterocycles. The summed E-state index contributed by atoms with van der Waals surface area (Å²) in [5, 5.41) is 9.72. The summed E-state index contributed by atoms with van der Waals surface area (Å²) in [6, 6.07) is 13.4. The van der Waals surface area contributed by atoms with Gasteiger partial charge >= 0.3 is 0 Å². The molecule has 1 fully saturated rings.